The molecule has 0 aliphatic rings. The lowest BCUT2D eigenvalue weighted by Gasteiger charge is -2.25. The van der Waals surface area contributed by atoms with Crippen LogP contribution in [0.5, 0.6) is 0 Å². The van der Waals surface area contributed by atoms with Gasteiger partial charge in [-0.05, 0) is 68.2 Å². The number of carbonyl (C=O) groups is 1. The highest BCUT2D eigenvalue weighted by Crippen LogP contribution is 2.27. The van der Waals surface area contributed by atoms with E-state index in [4.69, 9.17) is 0 Å². The fourth-order valence-electron chi connectivity index (χ4n) is 3.92. The molecule has 9 heteroatoms. The Hall–Kier alpha value is -2.88. The molecule has 0 saturated carbocycles. The third kappa shape index (κ3) is 5.11. The Kier molecular flexibility index (Phi) is 7.40. The highest BCUT2D eigenvalue weighted by molar-refractivity contribution is 7.92. The molecule has 2 aromatic carbocycles. The Labute approximate surface area is 198 Å². The van der Waals surface area contributed by atoms with Crippen molar-refractivity contribution < 1.29 is 22.7 Å². The van der Waals surface area contributed by atoms with Gasteiger partial charge in [0.15, 0.2) is 15.6 Å². The van der Waals surface area contributed by atoms with Crippen molar-refractivity contribution >= 4 is 26.4 Å². The summed E-state index contributed by atoms with van der Waals surface area (Å²) in [5, 5.41) is 10.2. The second kappa shape index (κ2) is 9.77. The first-order valence-electron chi connectivity index (χ1n) is 10.8. The van der Waals surface area contributed by atoms with Crippen LogP contribution in [0.4, 0.5) is 4.39 Å². The van der Waals surface area contributed by atoms with Gasteiger partial charge in [0.25, 0.3) is 5.56 Å². The van der Waals surface area contributed by atoms with Crippen LogP contribution in [0.3, 0.4) is 0 Å². The van der Waals surface area contributed by atoms with E-state index >= 15 is 0 Å². The van der Waals surface area contributed by atoms with Crippen molar-refractivity contribution in [2.45, 2.75) is 31.2 Å². The molecule has 7 nitrogen and oxygen atoms in total. The Morgan fingerprint density at radius 1 is 1.15 bits per heavy atom. The molecule has 1 N–H and O–H groups in total. The molecule has 0 bridgehead atoms. The van der Waals surface area contributed by atoms with Crippen LogP contribution < -0.4 is 5.56 Å². The van der Waals surface area contributed by atoms with Gasteiger partial charge in [-0.25, -0.2) is 12.8 Å². The predicted octanol–water partition coefficient (Wildman–Crippen LogP) is 2.62. The standard InChI is InChI=1S/C25H29FN2O5S/c1-25(23(30)16-29,34(4,32)33)10-12-28-11-9-19-14-18(6-8-21(19)24(28)31)20-7-5-17(13-22(20)26)15-27(2)3/h5-9,11,13-14,29H,10,12,15-16H2,1-4H3/t25-/m1/s1. The molecule has 34 heavy (non-hydrogen) atoms. The first kappa shape index (κ1) is 25.7. The van der Waals surface area contributed by atoms with Crippen molar-refractivity contribution in [3.05, 3.63) is 70.4 Å². The van der Waals surface area contributed by atoms with Gasteiger partial charge in [0.2, 0.25) is 0 Å². The summed E-state index contributed by atoms with van der Waals surface area (Å²) in [5.74, 6) is -1.16. The van der Waals surface area contributed by atoms with Crippen molar-refractivity contribution in [1.29, 1.82) is 0 Å². The van der Waals surface area contributed by atoms with E-state index in [2.05, 4.69) is 0 Å². The van der Waals surface area contributed by atoms with Crippen LogP contribution in [0.25, 0.3) is 21.9 Å². The van der Waals surface area contributed by atoms with Gasteiger partial charge >= 0.3 is 0 Å². The maximum atomic E-state index is 14.8. The number of fused-ring (bicyclic) bond motifs is 1. The van der Waals surface area contributed by atoms with Crippen LogP contribution in [0.15, 0.2) is 53.5 Å². The number of ketones is 1. The monoisotopic (exact) mass is 488 g/mol. The number of pyridine rings is 1. The Morgan fingerprint density at radius 3 is 2.44 bits per heavy atom. The van der Waals surface area contributed by atoms with E-state index in [1.54, 1.807) is 30.3 Å². The van der Waals surface area contributed by atoms with E-state index < -0.39 is 27.0 Å². The van der Waals surface area contributed by atoms with Crippen molar-refractivity contribution in [3.8, 4) is 11.1 Å². The number of aryl methyl sites for hydroxylation is 1. The number of aromatic nitrogens is 1. The second-order valence-electron chi connectivity index (χ2n) is 9.00. The van der Waals surface area contributed by atoms with Crippen LogP contribution >= 0.6 is 0 Å². The number of hydrogen-bond acceptors (Lipinski definition) is 6. The summed E-state index contributed by atoms with van der Waals surface area (Å²) in [7, 11) is 0.00692. The summed E-state index contributed by atoms with van der Waals surface area (Å²) in [6, 6.07) is 11.8. The van der Waals surface area contributed by atoms with Crippen molar-refractivity contribution in [3.63, 3.8) is 0 Å². The van der Waals surface area contributed by atoms with Crippen LogP contribution in [0.2, 0.25) is 0 Å². The quantitative estimate of drug-likeness (QED) is 0.497. The number of benzene rings is 2. The molecule has 0 saturated heterocycles. The van der Waals surface area contributed by atoms with E-state index in [0.29, 0.717) is 28.4 Å². The number of aliphatic hydroxyl groups excluding tert-OH is 1. The van der Waals surface area contributed by atoms with Crippen LogP contribution in [0.1, 0.15) is 18.9 Å². The minimum atomic E-state index is -3.81. The normalized spacial score (nSPS) is 13.9. The zero-order valence-corrected chi connectivity index (χ0v) is 20.5. The van der Waals surface area contributed by atoms with Crippen LogP contribution in [0, 0.1) is 5.82 Å². The summed E-state index contributed by atoms with van der Waals surface area (Å²) in [6.07, 6.45) is 2.31. The average Bonchev–Trinajstić information content (AvgIpc) is 2.76. The van der Waals surface area contributed by atoms with E-state index in [9.17, 15) is 27.5 Å². The van der Waals surface area contributed by atoms with Crippen LogP contribution in [-0.2, 0) is 27.7 Å². The molecular formula is C25H29FN2O5S. The third-order valence-electron chi connectivity index (χ3n) is 6.20. The fourth-order valence-corrected chi connectivity index (χ4v) is 4.86. The zero-order valence-electron chi connectivity index (χ0n) is 19.7. The molecule has 0 amide bonds. The maximum absolute atomic E-state index is 14.8. The molecule has 1 heterocycles. The van der Waals surface area contributed by atoms with E-state index in [1.165, 1.54) is 23.8 Å². The number of carbonyl (C=O) groups excluding carboxylic acids is 1. The molecule has 3 rings (SSSR count). The number of Topliss-reactive ketones (excluding diaryl/α,β-unsaturated/α-hetero) is 1. The highest BCUT2D eigenvalue weighted by Gasteiger charge is 2.42. The van der Waals surface area contributed by atoms with Crippen molar-refractivity contribution in [1.82, 2.24) is 9.47 Å². The SMILES string of the molecule is CN(C)Cc1ccc(-c2ccc3c(=O)n(CC[C@](C)(C(=O)CO)S(C)(=O)=O)ccc3c2)c(F)c1. The highest BCUT2D eigenvalue weighted by atomic mass is 32.2. The number of aliphatic hydroxyl groups is 1. The molecule has 0 radical (unpaired) electrons. The topological polar surface area (TPSA) is 96.7 Å². The molecule has 0 fully saturated rings. The Balaban J connectivity index is 1.93. The molecule has 1 atom stereocenters. The number of sulfone groups is 1. The van der Waals surface area contributed by atoms with Gasteiger partial charge in [-0.1, -0.05) is 18.2 Å². The van der Waals surface area contributed by atoms with Gasteiger partial charge in [0.05, 0.1) is 0 Å². The maximum Gasteiger partial charge on any atom is 0.258 e. The largest absolute Gasteiger partial charge is 0.389 e. The molecule has 1 aromatic heterocycles. The third-order valence-corrected chi connectivity index (χ3v) is 8.27. The molecule has 0 aliphatic heterocycles. The van der Waals surface area contributed by atoms with Crippen LogP contribution in [-0.4, -0.2) is 60.5 Å². The van der Waals surface area contributed by atoms with Gasteiger partial charge in [0.1, 0.15) is 17.2 Å². The smallest absolute Gasteiger partial charge is 0.258 e. The Bertz CT molecular complexity index is 1400. The average molecular weight is 489 g/mol. The van der Waals surface area contributed by atoms with Gasteiger partial charge in [0, 0.05) is 36.5 Å². The summed E-state index contributed by atoms with van der Waals surface area (Å²) in [5.41, 5.74) is 1.57. The minimum absolute atomic E-state index is 0.0200. The number of halogens is 1. The lowest BCUT2D eigenvalue weighted by atomic mass is 10.00. The first-order chi connectivity index (χ1) is 15.9. The molecule has 0 spiro atoms. The first-order valence-corrected chi connectivity index (χ1v) is 12.7. The predicted molar refractivity (Wildman–Crippen MR) is 131 cm³/mol. The molecule has 0 aliphatic carbocycles. The van der Waals surface area contributed by atoms with E-state index in [0.717, 1.165) is 11.8 Å². The van der Waals surface area contributed by atoms with Crippen molar-refractivity contribution in [2.24, 2.45) is 0 Å². The number of rotatable bonds is 9. The number of hydrogen-bond donors (Lipinski definition) is 1. The van der Waals surface area contributed by atoms with Crippen molar-refractivity contribution in [2.75, 3.05) is 27.0 Å². The zero-order chi connectivity index (χ0) is 25.3. The van der Waals surface area contributed by atoms with Gasteiger partial charge in [-0.2, -0.15) is 0 Å². The van der Waals surface area contributed by atoms with E-state index in [1.807, 2.05) is 25.1 Å². The second-order valence-corrected chi connectivity index (χ2v) is 11.4. The number of nitrogens with zero attached hydrogens (tertiary/aromatic N) is 2. The van der Waals surface area contributed by atoms with Gasteiger partial charge in [-0.3, -0.25) is 9.59 Å². The minimum Gasteiger partial charge on any atom is -0.389 e. The molecule has 182 valence electrons. The summed E-state index contributed by atoms with van der Waals surface area (Å²) >= 11 is 0. The lowest BCUT2D eigenvalue weighted by Crippen LogP contribution is -2.46. The molecule has 3 aromatic rings. The molecule has 0 unspecified atom stereocenters. The van der Waals surface area contributed by atoms with Gasteiger partial charge < -0.3 is 14.6 Å². The summed E-state index contributed by atoms with van der Waals surface area (Å²) < 4.78 is 38.7. The fraction of sp³-hybridized carbons (Fsp3) is 0.360. The van der Waals surface area contributed by atoms with Gasteiger partial charge in [-0.15, -0.1) is 0 Å². The Morgan fingerprint density at radius 2 is 1.85 bits per heavy atom. The summed E-state index contributed by atoms with van der Waals surface area (Å²) in [4.78, 5) is 27.1. The molecular weight excluding hydrogens is 459 g/mol. The summed E-state index contributed by atoms with van der Waals surface area (Å²) in [6.45, 7) is 0.966. The van der Waals surface area contributed by atoms with E-state index in [-0.39, 0.29) is 24.3 Å². The lowest BCUT2D eigenvalue weighted by molar-refractivity contribution is -0.124.